The number of thiazole rings is 1. The largest absolute Gasteiger partial charge is 0.336 e. The molecule has 2 aliphatic heterocycles. The zero-order valence-electron chi connectivity index (χ0n) is 14.3. The van der Waals surface area contributed by atoms with E-state index in [0.717, 1.165) is 15.1 Å². The topological polar surface area (TPSA) is 85.8 Å². The number of hydrogen-bond donors (Lipinski definition) is 1. The van der Waals surface area contributed by atoms with E-state index in [4.69, 9.17) is 0 Å². The van der Waals surface area contributed by atoms with Crippen molar-refractivity contribution in [1.82, 2.24) is 25.0 Å². The quantitative estimate of drug-likeness (QED) is 0.847. The van der Waals surface area contributed by atoms with Gasteiger partial charge in [-0.25, -0.2) is 9.78 Å². The molecular weight excluding hydrogens is 354 g/mol. The van der Waals surface area contributed by atoms with E-state index in [2.05, 4.69) is 15.2 Å². The number of nitrogens with one attached hydrogen (secondary N) is 1. The van der Waals surface area contributed by atoms with Gasteiger partial charge in [0.1, 0.15) is 0 Å². The van der Waals surface area contributed by atoms with Gasteiger partial charge >= 0.3 is 6.03 Å². The molecule has 3 heterocycles. The second-order valence-corrected chi connectivity index (χ2v) is 7.37. The molecule has 2 aliphatic rings. The first-order valence-electron chi connectivity index (χ1n) is 8.46. The van der Waals surface area contributed by atoms with E-state index in [-0.39, 0.29) is 30.4 Å². The number of piperazine rings is 1. The van der Waals surface area contributed by atoms with Crippen LogP contribution in [0.5, 0.6) is 0 Å². The van der Waals surface area contributed by atoms with E-state index in [1.807, 2.05) is 23.1 Å². The lowest BCUT2D eigenvalue weighted by molar-refractivity contribution is -0.130. The Balaban J connectivity index is 1.39. The molecule has 9 heteroatoms. The van der Waals surface area contributed by atoms with Gasteiger partial charge in [-0.15, -0.1) is 11.3 Å². The maximum absolute atomic E-state index is 12.8. The molecule has 1 unspecified atom stereocenters. The summed E-state index contributed by atoms with van der Waals surface area (Å²) in [6.07, 6.45) is -0.0323. The van der Waals surface area contributed by atoms with Crippen LogP contribution in [-0.2, 0) is 4.79 Å². The zero-order valence-corrected chi connectivity index (χ0v) is 15.2. The van der Waals surface area contributed by atoms with Crippen LogP contribution in [-0.4, -0.2) is 76.9 Å². The van der Waals surface area contributed by atoms with Crippen molar-refractivity contribution < 1.29 is 14.4 Å². The number of carbonyl (C=O) groups is 3. The van der Waals surface area contributed by atoms with Gasteiger partial charge in [0.05, 0.1) is 28.3 Å². The van der Waals surface area contributed by atoms with Crippen molar-refractivity contribution in [2.75, 3.05) is 33.2 Å². The number of imide groups is 1. The van der Waals surface area contributed by atoms with Crippen LogP contribution in [0.1, 0.15) is 16.8 Å². The van der Waals surface area contributed by atoms with E-state index in [0.29, 0.717) is 31.7 Å². The fourth-order valence-electron chi connectivity index (χ4n) is 3.33. The van der Waals surface area contributed by atoms with Crippen molar-refractivity contribution in [3.63, 3.8) is 0 Å². The Morgan fingerprint density at radius 1 is 1.23 bits per heavy atom. The molecule has 4 amide bonds. The molecule has 1 aromatic carbocycles. The fraction of sp³-hybridized carbons (Fsp3) is 0.412. The van der Waals surface area contributed by atoms with Gasteiger partial charge < -0.3 is 10.2 Å². The zero-order chi connectivity index (χ0) is 18.3. The van der Waals surface area contributed by atoms with Crippen molar-refractivity contribution in [2.45, 2.75) is 12.6 Å². The molecule has 0 spiro atoms. The van der Waals surface area contributed by atoms with Gasteiger partial charge in [-0.3, -0.25) is 19.4 Å². The molecule has 8 nitrogen and oxygen atoms in total. The SMILES string of the molecule is CN1C(=O)CC(N2CCN(C(=O)c3ccc4ncsc4c3)CC2)NC1=O. The molecule has 1 aromatic heterocycles. The minimum absolute atomic E-state index is 0.00318. The Bertz CT molecular complexity index is 856. The van der Waals surface area contributed by atoms with E-state index in [1.165, 1.54) is 18.4 Å². The predicted molar refractivity (Wildman–Crippen MR) is 96.8 cm³/mol. The molecule has 0 saturated carbocycles. The van der Waals surface area contributed by atoms with Crippen molar-refractivity contribution in [1.29, 1.82) is 0 Å². The highest BCUT2D eigenvalue weighted by Gasteiger charge is 2.34. The summed E-state index contributed by atoms with van der Waals surface area (Å²) in [6, 6.07) is 5.20. The molecule has 0 bridgehead atoms. The van der Waals surface area contributed by atoms with Crippen molar-refractivity contribution in [3.8, 4) is 0 Å². The van der Waals surface area contributed by atoms with Crippen LogP contribution in [0.4, 0.5) is 4.79 Å². The third kappa shape index (κ3) is 3.04. The molecular formula is C17H19N5O3S. The van der Waals surface area contributed by atoms with Crippen LogP contribution in [0, 0.1) is 0 Å². The first kappa shape index (κ1) is 16.9. The fourth-order valence-corrected chi connectivity index (χ4v) is 4.05. The maximum atomic E-state index is 12.8. The second kappa shape index (κ2) is 6.65. The highest BCUT2D eigenvalue weighted by Crippen LogP contribution is 2.21. The normalized spacial score (nSPS) is 22.0. The highest BCUT2D eigenvalue weighted by molar-refractivity contribution is 7.16. The smallest absolute Gasteiger partial charge is 0.325 e. The number of benzene rings is 1. The lowest BCUT2D eigenvalue weighted by Crippen LogP contribution is -2.62. The summed E-state index contributed by atoms with van der Waals surface area (Å²) < 4.78 is 1.00. The van der Waals surface area contributed by atoms with Gasteiger partial charge in [-0.2, -0.15) is 0 Å². The third-order valence-electron chi connectivity index (χ3n) is 4.96. The van der Waals surface area contributed by atoms with Gasteiger partial charge in [0, 0.05) is 38.8 Å². The van der Waals surface area contributed by atoms with Crippen molar-refractivity contribution in [3.05, 3.63) is 29.3 Å². The summed E-state index contributed by atoms with van der Waals surface area (Å²) in [7, 11) is 1.48. The van der Waals surface area contributed by atoms with Crippen molar-refractivity contribution >= 4 is 39.4 Å². The molecule has 1 N–H and O–H groups in total. The predicted octanol–water partition coefficient (Wildman–Crippen LogP) is 0.952. The van der Waals surface area contributed by atoms with Gasteiger partial charge in [-0.1, -0.05) is 0 Å². The molecule has 1 atom stereocenters. The van der Waals surface area contributed by atoms with Crippen LogP contribution in [0.2, 0.25) is 0 Å². The number of fused-ring (bicyclic) bond motifs is 1. The molecule has 26 heavy (non-hydrogen) atoms. The van der Waals surface area contributed by atoms with Crippen LogP contribution < -0.4 is 5.32 Å². The van der Waals surface area contributed by atoms with Gasteiger partial charge in [0.25, 0.3) is 5.91 Å². The second-order valence-electron chi connectivity index (χ2n) is 6.49. The minimum Gasteiger partial charge on any atom is -0.336 e. The molecule has 2 fully saturated rings. The first-order chi connectivity index (χ1) is 12.5. The van der Waals surface area contributed by atoms with Gasteiger partial charge in [0.2, 0.25) is 5.91 Å². The summed E-state index contributed by atoms with van der Waals surface area (Å²) in [5.41, 5.74) is 3.34. The van der Waals surface area contributed by atoms with Gasteiger partial charge in [0.15, 0.2) is 0 Å². The summed E-state index contributed by atoms with van der Waals surface area (Å²) in [4.78, 5) is 45.6. The van der Waals surface area contributed by atoms with Gasteiger partial charge in [-0.05, 0) is 18.2 Å². The number of nitrogens with zero attached hydrogens (tertiary/aromatic N) is 4. The summed E-state index contributed by atoms with van der Waals surface area (Å²) >= 11 is 1.52. The molecule has 136 valence electrons. The Labute approximate surface area is 154 Å². The summed E-state index contributed by atoms with van der Waals surface area (Å²) in [5, 5.41) is 2.84. The number of hydrogen-bond acceptors (Lipinski definition) is 6. The molecule has 0 aliphatic carbocycles. The highest BCUT2D eigenvalue weighted by atomic mass is 32.1. The maximum Gasteiger partial charge on any atom is 0.325 e. The van der Waals surface area contributed by atoms with Crippen molar-refractivity contribution in [2.24, 2.45) is 0 Å². The Hall–Kier alpha value is -2.52. The number of aromatic nitrogens is 1. The standard InChI is InChI=1S/C17H19N5O3S/c1-20-15(23)9-14(19-17(20)25)21-4-6-22(7-5-21)16(24)11-2-3-12-13(8-11)26-10-18-12/h2-3,8,10,14H,4-7,9H2,1H3,(H,19,25). The monoisotopic (exact) mass is 373 g/mol. The van der Waals surface area contributed by atoms with E-state index < -0.39 is 0 Å². The third-order valence-corrected chi connectivity index (χ3v) is 5.75. The minimum atomic E-state index is -0.373. The average Bonchev–Trinajstić information content (AvgIpc) is 3.13. The van der Waals surface area contributed by atoms with Crippen LogP contribution in [0.25, 0.3) is 10.2 Å². The van der Waals surface area contributed by atoms with E-state index in [9.17, 15) is 14.4 Å². The molecule has 4 rings (SSSR count). The number of rotatable bonds is 2. The molecule has 2 saturated heterocycles. The Morgan fingerprint density at radius 3 is 2.73 bits per heavy atom. The Kier molecular flexibility index (Phi) is 4.33. The van der Waals surface area contributed by atoms with Crippen LogP contribution in [0.3, 0.4) is 0 Å². The number of urea groups is 1. The summed E-state index contributed by atoms with van der Waals surface area (Å²) in [6.45, 7) is 2.37. The average molecular weight is 373 g/mol. The van der Waals surface area contributed by atoms with E-state index >= 15 is 0 Å². The number of carbonyl (C=O) groups excluding carboxylic acids is 3. The van der Waals surface area contributed by atoms with E-state index in [1.54, 1.807) is 5.51 Å². The molecule has 0 radical (unpaired) electrons. The molecule has 2 aromatic rings. The lowest BCUT2D eigenvalue weighted by Gasteiger charge is -2.41. The first-order valence-corrected chi connectivity index (χ1v) is 9.34. The summed E-state index contributed by atoms with van der Waals surface area (Å²) in [5.74, 6) is -0.182. The Morgan fingerprint density at radius 2 is 2.00 bits per heavy atom. The van der Waals surface area contributed by atoms with Crippen LogP contribution in [0.15, 0.2) is 23.7 Å². The van der Waals surface area contributed by atoms with Crippen LogP contribution >= 0.6 is 11.3 Å². The number of amides is 4. The lowest BCUT2D eigenvalue weighted by atomic mass is 10.1.